The summed E-state index contributed by atoms with van der Waals surface area (Å²) in [4.78, 5) is 11.9. The largest absolute Gasteiger partial charge is 0.481 e. The zero-order chi connectivity index (χ0) is 14.0. The Morgan fingerprint density at radius 1 is 1.33 bits per heavy atom. The smallest absolute Gasteiger partial charge is 0.404 e. The highest BCUT2D eigenvalue weighted by atomic mass is 19.4. The van der Waals surface area contributed by atoms with Gasteiger partial charge in [0, 0.05) is 0 Å². The van der Waals surface area contributed by atoms with E-state index in [0.717, 1.165) is 6.42 Å². The van der Waals surface area contributed by atoms with E-state index in [4.69, 9.17) is 5.11 Å². The minimum absolute atomic E-state index is 0.0358. The molecule has 1 rings (SSSR count). The Morgan fingerprint density at radius 2 is 1.94 bits per heavy atom. The summed E-state index contributed by atoms with van der Waals surface area (Å²) < 4.78 is 38.7. The molecule has 1 atom stereocenters. The summed E-state index contributed by atoms with van der Waals surface area (Å²) >= 11 is 0. The fourth-order valence-electron chi connectivity index (χ4n) is 2.37. The second-order valence-corrected chi connectivity index (χ2v) is 5.71. The van der Waals surface area contributed by atoms with Gasteiger partial charge >= 0.3 is 12.1 Å². The van der Waals surface area contributed by atoms with E-state index in [1.54, 1.807) is 0 Å². The zero-order valence-electron chi connectivity index (χ0n) is 10.8. The number of hydrogen-bond donors (Lipinski definition) is 1. The Kier molecular flexibility index (Phi) is 4.64. The summed E-state index contributed by atoms with van der Waals surface area (Å²) in [7, 11) is 0. The number of carboxylic acids is 1. The molecular formula is C12H20F3NO2. The molecule has 0 aromatic carbocycles. The molecule has 0 aromatic rings. The minimum atomic E-state index is -4.48. The summed E-state index contributed by atoms with van der Waals surface area (Å²) in [6, 6.07) is -1.86. The van der Waals surface area contributed by atoms with Crippen molar-refractivity contribution in [2.45, 2.75) is 51.7 Å². The molecule has 0 radical (unpaired) electrons. The molecular weight excluding hydrogens is 247 g/mol. The van der Waals surface area contributed by atoms with Crippen LogP contribution >= 0.6 is 0 Å². The molecule has 3 nitrogen and oxygen atoms in total. The van der Waals surface area contributed by atoms with E-state index in [0.29, 0.717) is 25.9 Å². The van der Waals surface area contributed by atoms with Crippen molar-refractivity contribution in [2.24, 2.45) is 5.41 Å². The van der Waals surface area contributed by atoms with Crippen molar-refractivity contribution in [1.29, 1.82) is 0 Å². The van der Waals surface area contributed by atoms with E-state index < -0.39 is 24.6 Å². The van der Waals surface area contributed by atoms with Gasteiger partial charge < -0.3 is 5.11 Å². The maximum atomic E-state index is 12.9. The van der Waals surface area contributed by atoms with Gasteiger partial charge in [-0.15, -0.1) is 0 Å². The van der Waals surface area contributed by atoms with Gasteiger partial charge in [0.2, 0.25) is 0 Å². The first-order valence-corrected chi connectivity index (χ1v) is 6.14. The fourth-order valence-corrected chi connectivity index (χ4v) is 2.37. The molecule has 1 aliphatic heterocycles. The van der Waals surface area contributed by atoms with Gasteiger partial charge in [0.15, 0.2) is 0 Å². The highest BCUT2D eigenvalue weighted by Gasteiger charge is 2.45. The van der Waals surface area contributed by atoms with Crippen LogP contribution in [0.3, 0.4) is 0 Å². The fraction of sp³-hybridized carbons (Fsp3) is 0.917. The SMILES string of the molecule is CC1(C)CCCN(C(CC(=O)O)C(F)(F)F)CC1. The van der Waals surface area contributed by atoms with Gasteiger partial charge in [-0.3, -0.25) is 9.69 Å². The zero-order valence-corrected chi connectivity index (χ0v) is 10.8. The van der Waals surface area contributed by atoms with Crippen molar-refractivity contribution in [2.75, 3.05) is 13.1 Å². The lowest BCUT2D eigenvalue weighted by atomic mass is 9.85. The molecule has 0 aromatic heterocycles. The Hall–Kier alpha value is -0.780. The molecule has 18 heavy (non-hydrogen) atoms. The van der Waals surface area contributed by atoms with Crippen LogP contribution in [0.5, 0.6) is 0 Å². The topological polar surface area (TPSA) is 40.5 Å². The maximum Gasteiger partial charge on any atom is 0.404 e. The standard InChI is InChI=1S/C12H20F3NO2/c1-11(2)4-3-6-16(7-5-11)9(8-10(17)18)12(13,14)15/h9H,3-8H2,1-2H3,(H,17,18). The summed E-state index contributed by atoms with van der Waals surface area (Å²) in [6.07, 6.45) is -3.13. The summed E-state index contributed by atoms with van der Waals surface area (Å²) in [6.45, 7) is 4.71. The molecule has 0 aliphatic carbocycles. The van der Waals surface area contributed by atoms with Gasteiger partial charge in [0.25, 0.3) is 0 Å². The summed E-state index contributed by atoms with van der Waals surface area (Å²) in [5, 5.41) is 8.62. The van der Waals surface area contributed by atoms with Gasteiger partial charge in [-0.25, -0.2) is 0 Å². The van der Waals surface area contributed by atoms with Gasteiger partial charge in [-0.2, -0.15) is 13.2 Å². The van der Waals surface area contributed by atoms with Crippen LogP contribution in [0.25, 0.3) is 0 Å². The number of aliphatic carboxylic acids is 1. The van der Waals surface area contributed by atoms with Crippen LogP contribution < -0.4 is 0 Å². The van der Waals surface area contributed by atoms with E-state index in [9.17, 15) is 18.0 Å². The molecule has 0 bridgehead atoms. The lowest BCUT2D eigenvalue weighted by Crippen LogP contribution is -2.47. The number of carbonyl (C=O) groups is 1. The first-order valence-electron chi connectivity index (χ1n) is 6.14. The highest BCUT2D eigenvalue weighted by Crippen LogP contribution is 2.34. The van der Waals surface area contributed by atoms with Gasteiger partial charge in [0.1, 0.15) is 6.04 Å². The Morgan fingerprint density at radius 3 is 2.44 bits per heavy atom. The quantitative estimate of drug-likeness (QED) is 0.854. The normalized spacial score (nSPS) is 23.4. The number of hydrogen-bond acceptors (Lipinski definition) is 2. The van der Waals surface area contributed by atoms with Crippen LogP contribution in [-0.4, -0.2) is 41.3 Å². The van der Waals surface area contributed by atoms with E-state index in [1.807, 2.05) is 13.8 Å². The first kappa shape index (κ1) is 15.3. The molecule has 1 aliphatic rings. The molecule has 1 fully saturated rings. The highest BCUT2D eigenvalue weighted by molar-refractivity contribution is 5.67. The Bertz CT molecular complexity index is 302. The Labute approximate surface area is 105 Å². The van der Waals surface area contributed by atoms with Crippen LogP contribution in [0.2, 0.25) is 0 Å². The molecule has 1 saturated heterocycles. The second-order valence-electron chi connectivity index (χ2n) is 5.71. The first-order chi connectivity index (χ1) is 8.12. The van der Waals surface area contributed by atoms with E-state index in [2.05, 4.69) is 0 Å². The minimum Gasteiger partial charge on any atom is -0.481 e. The van der Waals surface area contributed by atoms with Crippen molar-refractivity contribution in [3.05, 3.63) is 0 Å². The van der Waals surface area contributed by atoms with Crippen molar-refractivity contribution in [3.63, 3.8) is 0 Å². The molecule has 1 unspecified atom stereocenters. The maximum absolute atomic E-state index is 12.9. The number of carboxylic acid groups (broad SMARTS) is 1. The number of nitrogens with zero attached hydrogens (tertiary/aromatic N) is 1. The molecule has 0 amide bonds. The van der Waals surface area contributed by atoms with E-state index in [1.165, 1.54) is 4.90 Å². The third-order valence-electron chi connectivity index (χ3n) is 3.56. The van der Waals surface area contributed by atoms with Crippen LogP contribution in [-0.2, 0) is 4.79 Å². The number of likely N-dealkylation sites (tertiary alicyclic amines) is 1. The van der Waals surface area contributed by atoms with Crippen molar-refractivity contribution >= 4 is 5.97 Å². The molecule has 0 spiro atoms. The summed E-state index contributed by atoms with van der Waals surface area (Å²) in [5.41, 5.74) is 0.0358. The number of alkyl halides is 3. The molecule has 106 valence electrons. The van der Waals surface area contributed by atoms with Crippen LogP contribution in [0.15, 0.2) is 0 Å². The van der Waals surface area contributed by atoms with Crippen LogP contribution in [0, 0.1) is 5.41 Å². The molecule has 1 N–H and O–H groups in total. The predicted molar refractivity (Wildman–Crippen MR) is 61.3 cm³/mol. The van der Waals surface area contributed by atoms with E-state index in [-0.39, 0.29) is 5.41 Å². The Balaban J connectivity index is 2.76. The van der Waals surface area contributed by atoms with Crippen LogP contribution in [0.4, 0.5) is 13.2 Å². The van der Waals surface area contributed by atoms with Crippen molar-refractivity contribution in [1.82, 2.24) is 4.90 Å². The third kappa shape index (κ3) is 4.48. The second kappa shape index (κ2) is 5.47. The van der Waals surface area contributed by atoms with Gasteiger partial charge in [-0.05, 0) is 37.8 Å². The average molecular weight is 267 g/mol. The van der Waals surface area contributed by atoms with Crippen molar-refractivity contribution in [3.8, 4) is 0 Å². The number of halogens is 3. The summed E-state index contributed by atoms with van der Waals surface area (Å²) in [5.74, 6) is -1.40. The third-order valence-corrected chi connectivity index (χ3v) is 3.56. The molecule has 6 heteroatoms. The number of rotatable bonds is 3. The van der Waals surface area contributed by atoms with Crippen LogP contribution in [0.1, 0.15) is 39.5 Å². The van der Waals surface area contributed by atoms with Gasteiger partial charge in [-0.1, -0.05) is 13.8 Å². The molecule has 0 saturated carbocycles. The average Bonchev–Trinajstić information content (AvgIpc) is 2.34. The van der Waals surface area contributed by atoms with Crippen molar-refractivity contribution < 1.29 is 23.1 Å². The lowest BCUT2D eigenvalue weighted by Gasteiger charge is -2.31. The predicted octanol–water partition coefficient (Wildman–Crippen LogP) is 2.90. The van der Waals surface area contributed by atoms with Gasteiger partial charge in [0.05, 0.1) is 6.42 Å². The monoisotopic (exact) mass is 267 g/mol. The van der Waals surface area contributed by atoms with E-state index >= 15 is 0 Å². The molecule has 1 heterocycles. The lowest BCUT2D eigenvalue weighted by molar-refractivity contribution is -0.190.